The molecule has 22 heavy (non-hydrogen) atoms. The van der Waals surface area contributed by atoms with Crippen molar-refractivity contribution in [2.75, 3.05) is 6.54 Å². The maximum absolute atomic E-state index is 12.9. The Hall–Kier alpha value is -0.570. The van der Waals surface area contributed by atoms with Crippen molar-refractivity contribution in [3.63, 3.8) is 0 Å². The first-order valence-corrected chi connectivity index (χ1v) is 8.78. The molecule has 0 saturated carbocycles. The molecule has 0 amide bonds. The van der Waals surface area contributed by atoms with Crippen LogP contribution >= 0.6 is 23.2 Å². The largest absolute Gasteiger partial charge is 0.298 e. The summed E-state index contributed by atoms with van der Waals surface area (Å²) in [6.45, 7) is 11.6. The Bertz CT molecular complexity index is 492. The first-order chi connectivity index (χ1) is 10.3. The number of rotatable bonds is 8. The number of benzene rings is 1. The molecule has 1 aromatic rings. The predicted molar refractivity (Wildman–Crippen MR) is 96.2 cm³/mol. The minimum absolute atomic E-state index is 0.00737. The molecule has 1 rings (SSSR count). The summed E-state index contributed by atoms with van der Waals surface area (Å²) in [4.78, 5) is 15.2. The van der Waals surface area contributed by atoms with Crippen molar-refractivity contribution >= 4 is 29.0 Å². The molecule has 1 aromatic carbocycles. The van der Waals surface area contributed by atoms with Gasteiger partial charge in [-0.05, 0) is 52.3 Å². The van der Waals surface area contributed by atoms with Crippen LogP contribution in [0.3, 0.4) is 0 Å². The third-order valence-electron chi connectivity index (χ3n) is 3.97. The number of nitrogens with zero attached hydrogens (tertiary/aromatic N) is 1. The maximum atomic E-state index is 12.9. The summed E-state index contributed by atoms with van der Waals surface area (Å²) < 4.78 is 0. The van der Waals surface area contributed by atoms with E-state index < -0.39 is 0 Å². The fourth-order valence-electron chi connectivity index (χ4n) is 2.81. The smallest absolute Gasteiger partial charge is 0.167 e. The van der Waals surface area contributed by atoms with Gasteiger partial charge in [0.1, 0.15) is 0 Å². The number of carbonyl (C=O) groups is 1. The molecule has 0 spiro atoms. The zero-order chi connectivity index (χ0) is 16.9. The van der Waals surface area contributed by atoms with Crippen LogP contribution in [-0.2, 0) is 0 Å². The minimum Gasteiger partial charge on any atom is -0.298 e. The van der Waals surface area contributed by atoms with Crippen molar-refractivity contribution in [3.8, 4) is 0 Å². The van der Waals surface area contributed by atoms with E-state index in [0.717, 1.165) is 19.4 Å². The second-order valence-corrected chi connectivity index (χ2v) is 7.18. The average molecular weight is 344 g/mol. The lowest BCUT2D eigenvalue weighted by molar-refractivity contribution is 0.0816. The zero-order valence-corrected chi connectivity index (χ0v) is 15.7. The first-order valence-electron chi connectivity index (χ1n) is 8.02. The summed E-state index contributed by atoms with van der Waals surface area (Å²) in [5.74, 6) is 0.152. The highest BCUT2D eigenvalue weighted by Crippen LogP contribution is 2.25. The predicted octanol–water partition coefficient (Wildman–Crippen LogP) is 5.71. The summed E-state index contributed by atoms with van der Waals surface area (Å²) in [5, 5.41) is 0.920. The normalized spacial score (nSPS) is 13.2. The Balaban J connectivity index is 2.98. The molecule has 0 bridgehead atoms. The molecule has 0 heterocycles. The van der Waals surface area contributed by atoms with Crippen LogP contribution in [0.2, 0.25) is 10.0 Å². The second kappa shape index (κ2) is 8.90. The summed E-state index contributed by atoms with van der Waals surface area (Å²) in [6.07, 6.45) is 1.87. The van der Waals surface area contributed by atoms with Crippen LogP contribution in [-0.4, -0.2) is 29.3 Å². The van der Waals surface area contributed by atoms with Gasteiger partial charge in [-0.3, -0.25) is 9.69 Å². The van der Waals surface area contributed by atoms with Crippen LogP contribution in [0.4, 0.5) is 0 Å². The number of halogens is 2. The molecule has 0 aliphatic heterocycles. The highest BCUT2D eigenvalue weighted by atomic mass is 35.5. The quantitative estimate of drug-likeness (QED) is 0.563. The van der Waals surface area contributed by atoms with Gasteiger partial charge in [-0.15, -0.1) is 0 Å². The van der Waals surface area contributed by atoms with Crippen LogP contribution in [0.25, 0.3) is 0 Å². The SMILES string of the molecule is CCC[C@@H](CN(C(C)C)C(C)C)C(=O)c1ccc(Cl)c(Cl)c1. The lowest BCUT2D eigenvalue weighted by Gasteiger charge is -2.33. The zero-order valence-electron chi connectivity index (χ0n) is 14.2. The molecule has 0 fully saturated rings. The van der Waals surface area contributed by atoms with E-state index in [9.17, 15) is 4.79 Å². The second-order valence-electron chi connectivity index (χ2n) is 6.36. The maximum Gasteiger partial charge on any atom is 0.167 e. The van der Waals surface area contributed by atoms with Crippen LogP contribution in [0.5, 0.6) is 0 Å². The van der Waals surface area contributed by atoms with E-state index in [0.29, 0.717) is 27.7 Å². The topological polar surface area (TPSA) is 20.3 Å². The van der Waals surface area contributed by atoms with Crippen molar-refractivity contribution in [2.24, 2.45) is 5.92 Å². The van der Waals surface area contributed by atoms with Gasteiger partial charge in [0, 0.05) is 30.1 Å². The van der Waals surface area contributed by atoms with E-state index >= 15 is 0 Å². The summed E-state index contributed by atoms with van der Waals surface area (Å²) in [5.41, 5.74) is 0.653. The lowest BCUT2D eigenvalue weighted by Crippen LogP contribution is -2.42. The molecule has 0 N–H and O–H groups in total. The Morgan fingerprint density at radius 1 is 1.09 bits per heavy atom. The van der Waals surface area contributed by atoms with Crippen LogP contribution < -0.4 is 0 Å². The van der Waals surface area contributed by atoms with Gasteiger partial charge in [0.05, 0.1) is 10.0 Å². The summed E-state index contributed by atoms with van der Waals surface area (Å²) in [6, 6.07) is 5.99. The van der Waals surface area contributed by atoms with Gasteiger partial charge in [0.25, 0.3) is 0 Å². The average Bonchev–Trinajstić information content (AvgIpc) is 2.44. The van der Waals surface area contributed by atoms with Crippen molar-refractivity contribution in [2.45, 2.75) is 59.5 Å². The number of Topliss-reactive ketones (excluding diaryl/α,β-unsaturated/α-hetero) is 1. The Kier molecular flexibility index (Phi) is 7.88. The van der Waals surface area contributed by atoms with Gasteiger partial charge in [-0.2, -0.15) is 0 Å². The molecular weight excluding hydrogens is 317 g/mol. The molecule has 0 unspecified atom stereocenters. The van der Waals surface area contributed by atoms with Crippen LogP contribution in [0.15, 0.2) is 18.2 Å². The van der Waals surface area contributed by atoms with Gasteiger partial charge < -0.3 is 0 Å². The van der Waals surface area contributed by atoms with Gasteiger partial charge >= 0.3 is 0 Å². The number of carbonyl (C=O) groups excluding carboxylic acids is 1. The molecule has 0 aliphatic carbocycles. The van der Waals surface area contributed by atoms with E-state index in [-0.39, 0.29) is 11.7 Å². The molecule has 124 valence electrons. The van der Waals surface area contributed by atoms with Crippen LogP contribution in [0.1, 0.15) is 57.8 Å². The van der Waals surface area contributed by atoms with Gasteiger partial charge in [0.15, 0.2) is 5.78 Å². The standard InChI is InChI=1S/C18H27Cl2NO/c1-6-7-15(11-21(12(2)3)13(4)5)18(22)14-8-9-16(19)17(20)10-14/h8-10,12-13,15H,6-7,11H2,1-5H3/t15-/m0/s1. The Labute approximate surface area is 144 Å². The molecule has 0 aliphatic rings. The molecule has 0 saturated heterocycles. The van der Waals surface area contributed by atoms with E-state index in [1.165, 1.54) is 0 Å². The first kappa shape index (κ1) is 19.5. The molecular formula is C18H27Cl2NO. The third-order valence-corrected chi connectivity index (χ3v) is 4.71. The fourth-order valence-corrected chi connectivity index (χ4v) is 3.11. The molecule has 0 radical (unpaired) electrons. The summed E-state index contributed by atoms with van der Waals surface area (Å²) in [7, 11) is 0. The lowest BCUT2D eigenvalue weighted by atomic mass is 9.92. The van der Waals surface area contributed by atoms with Crippen molar-refractivity contribution in [1.82, 2.24) is 4.90 Å². The van der Waals surface area contributed by atoms with E-state index in [1.54, 1.807) is 18.2 Å². The van der Waals surface area contributed by atoms with Crippen molar-refractivity contribution in [3.05, 3.63) is 33.8 Å². The van der Waals surface area contributed by atoms with E-state index in [2.05, 4.69) is 39.5 Å². The van der Waals surface area contributed by atoms with Crippen molar-refractivity contribution < 1.29 is 4.79 Å². The number of ketones is 1. The fraction of sp³-hybridized carbons (Fsp3) is 0.611. The van der Waals surface area contributed by atoms with Crippen molar-refractivity contribution in [1.29, 1.82) is 0 Å². The van der Waals surface area contributed by atoms with E-state index in [4.69, 9.17) is 23.2 Å². The Morgan fingerprint density at radius 3 is 2.14 bits per heavy atom. The van der Waals surface area contributed by atoms with Gasteiger partial charge in [-0.25, -0.2) is 0 Å². The third kappa shape index (κ3) is 5.26. The molecule has 2 nitrogen and oxygen atoms in total. The highest BCUT2D eigenvalue weighted by molar-refractivity contribution is 6.42. The molecule has 0 aromatic heterocycles. The number of hydrogen-bond acceptors (Lipinski definition) is 2. The summed E-state index contributed by atoms with van der Waals surface area (Å²) >= 11 is 12.0. The van der Waals surface area contributed by atoms with Gasteiger partial charge in [0.2, 0.25) is 0 Å². The highest BCUT2D eigenvalue weighted by Gasteiger charge is 2.25. The molecule has 1 atom stereocenters. The number of hydrogen-bond donors (Lipinski definition) is 0. The minimum atomic E-state index is -0.00737. The molecule has 4 heteroatoms. The monoisotopic (exact) mass is 343 g/mol. The van der Waals surface area contributed by atoms with Crippen LogP contribution in [0, 0.1) is 5.92 Å². The van der Waals surface area contributed by atoms with E-state index in [1.807, 2.05) is 0 Å². The Morgan fingerprint density at radius 2 is 1.68 bits per heavy atom. The van der Waals surface area contributed by atoms with Gasteiger partial charge in [-0.1, -0.05) is 36.5 Å².